The third-order valence-corrected chi connectivity index (χ3v) is 3.03. The highest BCUT2D eigenvalue weighted by molar-refractivity contribution is 4.97. The minimum atomic E-state index is -0.0804. The second-order valence-electron chi connectivity index (χ2n) is 4.12. The molecule has 0 aromatic carbocycles. The summed E-state index contributed by atoms with van der Waals surface area (Å²) in [7, 11) is 0. The normalized spacial score (nSPS) is 21.0. The molecule has 1 aliphatic heterocycles. The lowest BCUT2D eigenvalue weighted by molar-refractivity contribution is 0.190. The second-order valence-corrected chi connectivity index (χ2v) is 4.12. The molecule has 0 aliphatic carbocycles. The molecule has 0 spiro atoms. The molecule has 1 unspecified atom stereocenters. The van der Waals surface area contributed by atoms with Crippen molar-refractivity contribution >= 4 is 0 Å². The molecule has 90 valence electrons. The Labute approximate surface area is 100 Å². The summed E-state index contributed by atoms with van der Waals surface area (Å²) in [6.07, 6.45) is 1.78. The number of nitrogens with one attached hydrogen (secondary N) is 1. The number of hydrogen-bond donors (Lipinski definition) is 1. The molecule has 1 aromatic heterocycles. The predicted octanol–water partition coefficient (Wildman–Crippen LogP) is -0.354. The van der Waals surface area contributed by atoms with E-state index in [2.05, 4.69) is 16.3 Å². The first-order valence-electron chi connectivity index (χ1n) is 5.81. The lowest BCUT2D eigenvalue weighted by Gasteiger charge is -2.31. The Hall–Kier alpha value is -1.64. The van der Waals surface area contributed by atoms with Gasteiger partial charge in [-0.1, -0.05) is 6.07 Å². The van der Waals surface area contributed by atoms with Crippen LogP contribution in [-0.4, -0.2) is 41.7 Å². The van der Waals surface area contributed by atoms with Gasteiger partial charge in [-0.25, -0.2) is 0 Å². The molecule has 1 atom stereocenters. The molecule has 0 amide bonds. The summed E-state index contributed by atoms with van der Waals surface area (Å²) in [6.45, 7) is 3.85. The molecular weight excluding hydrogens is 216 g/mol. The van der Waals surface area contributed by atoms with Crippen molar-refractivity contribution < 1.29 is 0 Å². The van der Waals surface area contributed by atoms with Crippen LogP contribution in [0.2, 0.25) is 0 Å². The maximum Gasteiger partial charge on any atom is 0.250 e. The second kappa shape index (κ2) is 5.62. The van der Waals surface area contributed by atoms with Crippen LogP contribution >= 0.6 is 0 Å². The van der Waals surface area contributed by atoms with E-state index < -0.39 is 0 Å². The molecule has 1 aromatic rings. The van der Waals surface area contributed by atoms with Crippen LogP contribution in [0.15, 0.2) is 29.2 Å². The number of nitrogens with zero attached hydrogens (tertiary/aromatic N) is 3. The fourth-order valence-electron chi connectivity index (χ4n) is 2.02. The molecule has 17 heavy (non-hydrogen) atoms. The van der Waals surface area contributed by atoms with E-state index in [1.165, 1.54) is 0 Å². The molecule has 5 heteroatoms. The predicted molar refractivity (Wildman–Crippen MR) is 64.5 cm³/mol. The van der Waals surface area contributed by atoms with Gasteiger partial charge in [-0.15, -0.1) is 0 Å². The van der Waals surface area contributed by atoms with Crippen LogP contribution in [-0.2, 0) is 6.54 Å². The van der Waals surface area contributed by atoms with Crippen LogP contribution in [0.5, 0.6) is 0 Å². The maximum absolute atomic E-state index is 11.5. The van der Waals surface area contributed by atoms with Crippen molar-refractivity contribution in [1.29, 1.82) is 5.26 Å². The number of piperazine rings is 1. The molecule has 2 heterocycles. The van der Waals surface area contributed by atoms with Crippen molar-refractivity contribution in [3.05, 3.63) is 34.7 Å². The van der Waals surface area contributed by atoms with E-state index in [1.807, 2.05) is 6.07 Å². The number of pyridine rings is 1. The van der Waals surface area contributed by atoms with E-state index in [4.69, 9.17) is 5.26 Å². The van der Waals surface area contributed by atoms with E-state index in [-0.39, 0.29) is 11.6 Å². The van der Waals surface area contributed by atoms with Gasteiger partial charge in [-0.05, 0) is 6.07 Å². The van der Waals surface area contributed by atoms with Crippen LogP contribution in [0.4, 0.5) is 0 Å². The largest absolute Gasteiger partial charge is 0.314 e. The summed E-state index contributed by atoms with van der Waals surface area (Å²) >= 11 is 0. The fraction of sp³-hybridized carbons (Fsp3) is 0.500. The summed E-state index contributed by atoms with van der Waals surface area (Å²) < 4.78 is 1.68. The van der Waals surface area contributed by atoms with E-state index in [0.717, 1.165) is 19.6 Å². The molecule has 1 fully saturated rings. The average Bonchev–Trinajstić information content (AvgIpc) is 2.38. The van der Waals surface area contributed by atoms with Crippen molar-refractivity contribution in [2.75, 3.05) is 26.2 Å². The van der Waals surface area contributed by atoms with Crippen molar-refractivity contribution in [2.45, 2.75) is 12.6 Å². The van der Waals surface area contributed by atoms with Gasteiger partial charge in [0.25, 0.3) is 5.56 Å². The van der Waals surface area contributed by atoms with E-state index >= 15 is 0 Å². The Morgan fingerprint density at radius 2 is 2.35 bits per heavy atom. The summed E-state index contributed by atoms with van der Waals surface area (Å²) in [5.41, 5.74) is 0.0103. The van der Waals surface area contributed by atoms with Gasteiger partial charge in [0.2, 0.25) is 0 Å². The lowest BCUT2D eigenvalue weighted by Crippen LogP contribution is -2.51. The topological polar surface area (TPSA) is 61.1 Å². The molecule has 5 nitrogen and oxygen atoms in total. The lowest BCUT2D eigenvalue weighted by atomic mass is 10.2. The van der Waals surface area contributed by atoms with Crippen LogP contribution < -0.4 is 10.9 Å². The monoisotopic (exact) mass is 232 g/mol. The van der Waals surface area contributed by atoms with Crippen molar-refractivity contribution in [3.63, 3.8) is 0 Å². The Morgan fingerprint density at radius 3 is 3.12 bits per heavy atom. The molecule has 0 saturated carbocycles. The van der Waals surface area contributed by atoms with Crippen molar-refractivity contribution in [3.8, 4) is 6.07 Å². The minimum Gasteiger partial charge on any atom is -0.314 e. The zero-order valence-electron chi connectivity index (χ0n) is 9.67. The third-order valence-electron chi connectivity index (χ3n) is 3.03. The van der Waals surface area contributed by atoms with Gasteiger partial charge in [0.05, 0.1) is 6.07 Å². The quantitative estimate of drug-likeness (QED) is 0.773. The number of hydrogen-bond acceptors (Lipinski definition) is 4. The SMILES string of the molecule is N#CC1CNCCN1CCn1ccccc1=O. The van der Waals surface area contributed by atoms with E-state index in [1.54, 1.807) is 22.9 Å². The first-order chi connectivity index (χ1) is 8.31. The third kappa shape index (κ3) is 2.93. The van der Waals surface area contributed by atoms with Gasteiger partial charge in [0, 0.05) is 45.0 Å². The maximum atomic E-state index is 11.5. The first kappa shape index (κ1) is 11.8. The highest BCUT2D eigenvalue weighted by Crippen LogP contribution is 2.02. The summed E-state index contributed by atoms with van der Waals surface area (Å²) in [6, 6.07) is 7.34. The summed E-state index contributed by atoms with van der Waals surface area (Å²) in [5.74, 6) is 0. The average molecular weight is 232 g/mol. The molecule has 1 N–H and O–H groups in total. The van der Waals surface area contributed by atoms with E-state index in [9.17, 15) is 4.79 Å². The van der Waals surface area contributed by atoms with Gasteiger partial charge < -0.3 is 9.88 Å². The standard InChI is InChI=1S/C12H16N4O/c13-9-11-10-14-4-6-15(11)7-8-16-5-2-1-3-12(16)17/h1-3,5,11,14H,4,6-8,10H2. The fourth-order valence-corrected chi connectivity index (χ4v) is 2.02. The first-order valence-corrected chi connectivity index (χ1v) is 5.81. The number of rotatable bonds is 3. The van der Waals surface area contributed by atoms with Crippen molar-refractivity contribution in [1.82, 2.24) is 14.8 Å². The van der Waals surface area contributed by atoms with Gasteiger partial charge in [0.15, 0.2) is 0 Å². The van der Waals surface area contributed by atoms with Gasteiger partial charge >= 0.3 is 0 Å². The zero-order chi connectivity index (χ0) is 12.1. The van der Waals surface area contributed by atoms with Crippen LogP contribution in [0.3, 0.4) is 0 Å². The molecule has 1 aliphatic rings. The number of aromatic nitrogens is 1. The Balaban J connectivity index is 1.96. The molecular formula is C12H16N4O. The Bertz CT molecular complexity index is 462. The molecule has 0 radical (unpaired) electrons. The smallest absolute Gasteiger partial charge is 0.250 e. The summed E-state index contributed by atoms with van der Waals surface area (Å²) in [5, 5.41) is 12.2. The molecule has 2 rings (SSSR count). The Kier molecular flexibility index (Phi) is 3.91. The van der Waals surface area contributed by atoms with Crippen molar-refractivity contribution in [2.24, 2.45) is 0 Å². The van der Waals surface area contributed by atoms with Gasteiger partial charge in [-0.3, -0.25) is 9.69 Å². The zero-order valence-corrected chi connectivity index (χ0v) is 9.67. The highest BCUT2D eigenvalue weighted by atomic mass is 16.1. The highest BCUT2D eigenvalue weighted by Gasteiger charge is 2.20. The number of nitriles is 1. The van der Waals surface area contributed by atoms with Crippen LogP contribution in [0, 0.1) is 11.3 Å². The summed E-state index contributed by atoms with van der Waals surface area (Å²) in [4.78, 5) is 13.6. The molecule has 1 saturated heterocycles. The van der Waals surface area contributed by atoms with Gasteiger partial charge in [-0.2, -0.15) is 5.26 Å². The van der Waals surface area contributed by atoms with Crippen LogP contribution in [0.1, 0.15) is 0 Å². The Morgan fingerprint density at radius 1 is 1.47 bits per heavy atom. The van der Waals surface area contributed by atoms with E-state index in [0.29, 0.717) is 13.1 Å². The minimum absolute atomic E-state index is 0.0103. The molecule has 0 bridgehead atoms. The van der Waals surface area contributed by atoms with Crippen LogP contribution in [0.25, 0.3) is 0 Å². The van der Waals surface area contributed by atoms with Gasteiger partial charge in [0.1, 0.15) is 6.04 Å².